The molecule has 1 saturated heterocycles. The number of pyridine rings is 1. The molecule has 1 N–H and O–H groups in total. The fraction of sp³-hybridized carbons (Fsp3) is 0.357. The zero-order valence-electron chi connectivity index (χ0n) is 12.4. The molecule has 0 spiro atoms. The van der Waals surface area contributed by atoms with Crippen molar-refractivity contribution in [3.63, 3.8) is 0 Å². The molecule has 2 aromatic rings. The Hall–Kier alpha value is -2.22. The van der Waals surface area contributed by atoms with Crippen LogP contribution in [0.2, 0.25) is 0 Å². The van der Waals surface area contributed by atoms with E-state index in [0.717, 1.165) is 17.1 Å². The Morgan fingerprint density at radius 3 is 3.00 bits per heavy atom. The molecule has 0 bridgehead atoms. The second-order valence-electron chi connectivity index (χ2n) is 4.82. The van der Waals surface area contributed by atoms with Gasteiger partial charge in [-0.3, -0.25) is 9.88 Å². The summed E-state index contributed by atoms with van der Waals surface area (Å²) in [6.45, 7) is 2.95. The van der Waals surface area contributed by atoms with Crippen LogP contribution in [0.3, 0.4) is 0 Å². The lowest BCUT2D eigenvalue weighted by molar-refractivity contribution is 0.158. The van der Waals surface area contributed by atoms with Crippen LogP contribution in [-0.4, -0.2) is 50.7 Å². The van der Waals surface area contributed by atoms with Crippen molar-refractivity contribution in [1.29, 1.82) is 0 Å². The smallest absolute Gasteiger partial charge is 0.412 e. The molecule has 0 saturated carbocycles. The van der Waals surface area contributed by atoms with Gasteiger partial charge in [0.1, 0.15) is 6.61 Å². The SMILES string of the molecule is CSC(Nc1cn(-c2cccnc2)nc1C)N1CCOC1=O. The molecule has 1 aliphatic heterocycles. The molecule has 8 heteroatoms. The maximum Gasteiger partial charge on any atom is 0.412 e. The summed E-state index contributed by atoms with van der Waals surface area (Å²) in [6.07, 6.45) is 7.03. The van der Waals surface area contributed by atoms with Crippen LogP contribution in [0.4, 0.5) is 10.5 Å². The first-order chi connectivity index (χ1) is 10.7. The molecule has 1 aliphatic rings. The van der Waals surface area contributed by atoms with Gasteiger partial charge in [-0.25, -0.2) is 9.48 Å². The van der Waals surface area contributed by atoms with Gasteiger partial charge in [0.2, 0.25) is 0 Å². The Bertz CT molecular complexity index is 661. The molecule has 0 aliphatic carbocycles. The minimum absolute atomic E-state index is 0.180. The van der Waals surface area contributed by atoms with Gasteiger partial charge in [-0.15, -0.1) is 11.8 Å². The predicted molar refractivity (Wildman–Crippen MR) is 85.1 cm³/mol. The highest BCUT2D eigenvalue weighted by Crippen LogP contribution is 2.23. The van der Waals surface area contributed by atoms with Crippen molar-refractivity contribution in [3.05, 3.63) is 36.4 Å². The third kappa shape index (κ3) is 2.87. The summed E-state index contributed by atoms with van der Waals surface area (Å²) in [4.78, 5) is 17.5. The molecule has 3 heterocycles. The van der Waals surface area contributed by atoms with Crippen molar-refractivity contribution in [2.75, 3.05) is 24.7 Å². The van der Waals surface area contributed by atoms with Crippen LogP contribution in [0.15, 0.2) is 30.7 Å². The zero-order valence-corrected chi connectivity index (χ0v) is 13.2. The summed E-state index contributed by atoms with van der Waals surface area (Å²) >= 11 is 1.54. The molecule has 2 aromatic heterocycles. The van der Waals surface area contributed by atoms with Crippen LogP contribution in [0, 0.1) is 6.92 Å². The molecular weight excluding hydrogens is 302 g/mol. The number of amides is 1. The Kier molecular flexibility index (Phi) is 4.19. The monoisotopic (exact) mass is 319 g/mol. The van der Waals surface area contributed by atoms with E-state index in [1.54, 1.807) is 33.7 Å². The van der Waals surface area contributed by atoms with Gasteiger partial charge in [0, 0.05) is 6.20 Å². The van der Waals surface area contributed by atoms with Gasteiger partial charge in [-0.2, -0.15) is 5.10 Å². The lowest BCUT2D eigenvalue weighted by Gasteiger charge is -2.25. The molecule has 1 amide bonds. The van der Waals surface area contributed by atoms with E-state index in [1.165, 1.54) is 0 Å². The standard InChI is InChI=1S/C14H17N5O2S/c1-10-12(9-19(17-10)11-4-3-5-15-8-11)16-13(22-2)18-6-7-21-14(18)20/h3-5,8-9,13,16H,6-7H2,1-2H3. The highest BCUT2D eigenvalue weighted by molar-refractivity contribution is 7.99. The lowest BCUT2D eigenvalue weighted by Crippen LogP contribution is -2.39. The second-order valence-corrected chi connectivity index (χ2v) is 5.74. The van der Waals surface area contributed by atoms with Gasteiger partial charge < -0.3 is 10.1 Å². The maximum atomic E-state index is 11.7. The van der Waals surface area contributed by atoms with Crippen molar-refractivity contribution < 1.29 is 9.53 Å². The summed E-state index contributed by atoms with van der Waals surface area (Å²) < 4.78 is 6.76. The first-order valence-corrected chi connectivity index (χ1v) is 8.17. The Morgan fingerprint density at radius 2 is 2.36 bits per heavy atom. The predicted octanol–water partition coefficient (Wildman–Crippen LogP) is 2.09. The van der Waals surface area contributed by atoms with Crippen molar-refractivity contribution in [3.8, 4) is 5.69 Å². The molecule has 0 radical (unpaired) electrons. The van der Waals surface area contributed by atoms with Crippen molar-refractivity contribution in [2.24, 2.45) is 0 Å². The molecule has 0 aromatic carbocycles. The van der Waals surface area contributed by atoms with E-state index in [4.69, 9.17) is 4.74 Å². The molecule has 116 valence electrons. The van der Waals surface area contributed by atoms with Gasteiger partial charge in [-0.05, 0) is 25.3 Å². The number of ether oxygens (including phenoxy) is 1. The number of cyclic esters (lactones) is 1. The number of anilines is 1. The average Bonchev–Trinajstić information content (AvgIpc) is 3.12. The van der Waals surface area contributed by atoms with E-state index in [2.05, 4.69) is 15.4 Å². The largest absolute Gasteiger partial charge is 0.447 e. The summed E-state index contributed by atoms with van der Waals surface area (Å²) in [5.74, 6) is 0. The van der Waals surface area contributed by atoms with Gasteiger partial charge >= 0.3 is 6.09 Å². The number of aryl methyl sites for hydroxylation is 1. The number of rotatable bonds is 5. The Balaban J connectivity index is 1.80. The Labute approximate surface area is 132 Å². The number of nitrogens with zero attached hydrogens (tertiary/aromatic N) is 4. The van der Waals surface area contributed by atoms with E-state index in [0.29, 0.717) is 13.2 Å². The van der Waals surface area contributed by atoms with Crippen molar-refractivity contribution >= 4 is 23.5 Å². The molecule has 1 atom stereocenters. The fourth-order valence-electron chi connectivity index (χ4n) is 2.24. The van der Waals surface area contributed by atoms with Gasteiger partial charge in [0.25, 0.3) is 0 Å². The van der Waals surface area contributed by atoms with Crippen LogP contribution in [0.25, 0.3) is 5.69 Å². The number of hydrogen-bond acceptors (Lipinski definition) is 6. The Morgan fingerprint density at radius 1 is 1.50 bits per heavy atom. The molecule has 22 heavy (non-hydrogen) atoms. The number of carbonyl (C=O) groups excluding carboxylic acids is 1. The minimum Gasteiger partial charge on any atom is -0.447 e. The highest BCUT2D eigenvalue weighted by Gasteiger charge is 2.29. The molecule has 3 rings (SSSR count). The molecule has 1 fully saturated rings. The number of carbonyl (C=O) groups is 1. The summed E-state index contributed by atoms with van der Waals surface area (Å²) in [5.41, 5.74) is 2.44. The minimum atomic E-state index is -0.288. The quantitative estimate of drug-likeness (QED) is 0.851. The van der Waals surface area contributed by atoms with Gasteiger partial charge in [0.05, 0.1) is 36.0 Å². The highest BCUT2D eigenvalue weighted by atomic mass is 32.2. The van der Waals surface area contributed by atoms with E-state index in [1.807, 2.05) is 31.5 Å². The zero-order chi connectivity index (χ0) is 15.5. The van der Waals surface area contributed by atoms with Gasteiger partial charge in [-0.1, -0.05) is 0 Å². The number of aromatic nitrogens is 3. The molecule has 7 nitrogen and oxygen atoms in total. The van der Waals surface area contributed by atoms with E-state index >= 15 is 0 Å². The second kappa shape index (κ2) is 6.27. The lowest BCUT2D eigenvalue weighted by atomic mass is 10.4. The third-order valence-corrected chi connectivity index (χ3v) is 4.21. The van der Waals surface area contributed by atoms with E-state index < -0.39 is 0 Å². The van der Waals surface area contributed by atoms with Crippen LogP contribution < -0.4 is 5.32 Å². The van der Waals surface area contributed by atoms with Crippen molar-refractivity contribution in [2.45, 2.75) is 12.4 Å². The summed E-state index contributed by atoms with van der Waals surface area (Å²) in [7, 11) is 0. The number of nitrogens with one attached hydrogen (secondary N) is 1. The van der Waals surface area contributed by atoms with Crippen molar-refractivity contribution in [1.82, 2.24) is 19.7 Å². The number of hydrogen-bond donors (Lipinski definition) is 1. The summed E-state index contributed by atoms with van der Waals surface area (Å²) in [5, 5.41) is 7.83. The first kappa shape index (κ1) is 14.7. The van der Waals surface area contributed by atoms with Crippen LogP contribution in [0.1, 0.15) is 5.69 Å². The summed E-state index contributed by atoms with van der Waals surface area (Å²) in [6, 6.07) is 3.80. The van der Waals surface area contributed by atoms with E-state index in [-0.39, 0.29) is 11.6 Å². The topological polar surface area (TPSA) is 72.3 Å². The maximum absolute atomic E-state index is 11.7. The fourth-order valence-corrected chi connectivity index (χ4v) is 2.93. The third-order valence-electron chi connectivity index (χ3n) is 3.39. The van der Waals surface area contributed by atoms with Crippen LogP contribution >= 0.6 is 11.8 Å². The van der Waals surface area contributed by atoms with Gasteiger partial charge in [0.15, 0.2) is 5.50 Å². The average molecular weight is 319 g/mol. The first-order valence-electron chi connectivity index (χ1n) is 6.88. The molecular formula is C14H17N5O2S. The van der Waals surface area contributed by atoms with Crippen LogP contribution in [0.5, 0.6) is 0 Å². The molecule has 1 unspecified atom stereocenters. The van der Waals surface area contributed by atoms with E-state index in [9.17, 15) is 4.79 Å². The number of thioether (sulfide) groups is 1. The van der Waals surface area contributed by atoms with Crippen LogP contribution in [-0.2, 0) is 4.74 Å². The normalized spacial score (nSPS) is 15.7.